The van der Waals surface area contributed by atoms with Crippen molar-refractivity contribution < 1.29 is 14.2 Å². The Bertz CT molecular complexity index is 2570. The standard InChI is InChI=1S/C60H66O3/c1-35(2)34-61-49-18-11-38(12-19-49)36(3)25-46(26-37(4)39-13-20-50(21-14-39)62-52-24-17-43-27-41-7-5-6-8-42(41)28-47(43)30-52)40-15-22-51(23-16-40)63-56-32-48-31-53(56)60-55-33-54(59(48)60)57-44-9-10-45(29-44)58(55)57/h5-8,11-24,27-28,30,35-37,44-46,48,53-60H,9-10,25-26,29,31-34H2,1-4H3. The van der Waals surface area contributed by atoms with Gasteiger partial charge in [0.15, 0.2) is 0 Å². The minimum atomic E-state index is 0.381. The lowest BCUT2D eigenvalue weighted by molar-refractivity contribution is -0.0135. The van der Waals surface area contributed by atoms with Crippen LogP contribution in [0.5, 0.6) is 23.0 Å². The van der Waals surface area contributed by atoms with Crippen LogP contribution in [0.15, 0.2) is 127 Å². The topological polar surface area (TPSA) is 27.7 Å². The zero-order chi connectivity index (χ0) is 42.3. The Labute approximate surface area is 375 Å². The quantitative estimate of drug-likeness (QED) is 0.0808. The molecule has 0 aromatic heterocycles. The first-order valence-corrected chi connectivity index (χ1v) is 25.0. The highest BCUT2D eigenvalue weighted by molar-refractivity contribution is 5.98. The number of benzene rings is 6. The van der Waals surface area contributed by atoms with Gasteiger partial charge in [-0.25, -0.2) is 0 Å². The van der Waals surface area contributed by atoms with Crippen LogP contribution < -0.4 is 14.2 Å². The zero-order valence-electron chi connectivity index (χ0n) is 37.9. The second kappa shape index (κ2) is 16.0. The Kier molecular flexibility index (Phi) is 10.1. The van der Waals surface area contributed by atoms with E-state index in [2.05, 4.69) is 155 Å². The molecule has 0 N–H and O–H groups in total. The van der Waals surface area contributed by atoms with Gasteiger partial charge in [0, 0.05) is 0 Å². The molecule has 0 heterocycles. The molecule has 6 aliphatic rings. The van der Waals surface area contributed by atoms with Crippen molar-refractivity contribution in [3.8, 4) is 23.0 Å². The predicted molar refractivity (Wildman–Crippen MR) is 257 cm³/mol. The third-order valence-corrected chi connectivity index (χ3v) is 17.9. The third-order valence-electron chi connectivity index (χ3n) is 17.9. The molecule has 0 aliphatic heterocycles. The maximum atomic E-state index is 7.05. The van der Waals surface area contributed by atoms with E-state index in [0.717, 1.165) is 102 Å². The molecule has 0 radical (unpaired) electrons. The van der Waals surface area contributed by atoms with E-state index >= 15 is 0 Å². The molecule has 0 spiro atoms. The lowest BCUT2D eigenvalue weighted by Crippen LogP contribution is -2.44. The fourth-order valence-corrected chi connectivity index (χ4v) is 15.5. The van der Waals surface area contributed by atoms with Crippen molar-refractivity contribution in [1.29, 1.82) is 0 Å². The second-order valence-corrected chi connectivity index (χ2v) is 22.0. The highest BCUT2D eigenvalue weighted by Gasteiger charge is 2.71. The normalized spacial score (nSPS) is 31.1. The van der Waals surface area contributed by atoms with Crippen LogP contribution in [0.1, 0.15) is 114 Å². The van der Waals surface area contributed by atoms with Crippen molar-refractivity contribution in [1.82, 2.24) is 0 Å². The monoisotopic (exact) mass is 835 g/mol. The molecule has 12 rings (SSSR count). The summed E-state index contributed by atoms with van der Waals surface area (Å²) in [5.41, 5.74) is 4.15. The van der Waals surface area contributed by atoms with Gasteiger partial charge in [0.2, 0.25) is 0 Å². The van der Waals surface area contributed by atoms with Gasteiger partial charge in [0.25, 0.3) is 0 Å². The van der Waals surface area contributed by atoms with E-state index in [9.17, 15) is 0 Å². The molecular weight excluding hydrogens is 769 g/mol. The van der Waals surface area contributed by atoms with Crippen LogP contribution in [0, 0.1) is 65.1 Å². The number of fused-ring (bicyclic) bond motifs is 18. The molecule has 14 unspecified atom stereocenters. The summed E-state index contributed by atoms with van der Waals surface area (Å²) < 4.78 is 19.5. The fourth-order valence-electron chi connectivity index (χ4n) is 15.5. The second-order valence-electron chi connectivity index (χ2n) is 22.0. The molecule has 6 aromatic carbocycles. The lowest BCUT2D eigenvalue weighted by Gasteiger charge is -2.46. The van der Waals surface area contributed by atoms with Crippen molar-refractivity contribution in [2.75, 3.05) is 6.61 Å². The van der Waals surface area contributed by atoms with Gasteiger partial charge in [-0.05, 0) is 233 Å². The molecule has 6 bridgehead atoms. The van der Waals surface area contributed by atoms with Crippen molar-refractivity contribution in [2.24, 2.45) is 65.1 Å². The van der Waals surface area contributed by atoms with Crippen molar-refractivity contribution in [2.45, 2.75) is 103 Å². The molecule has 6 aromatic rings. The van der Waals surface area contributed by atoms with Crippen molar-refractivity contribution >= 4 is 21.5 Å². The van der Waals surface area contributed by atoms with Crippen LogP contribution in [0.25, 0.3) is 21.5 Å². The minimum absolute atomic E-state index is 0.381. The molecule has 6 fully saturated rings. The average molecular weight is 835 g/mol. The van der Waals surface area contributed by atoms with Gasteiger partial charge in [0.1, 0.15) is 29.1 Å². The number of hydrogen-bond acceptors (Lipinski definition) is 3. The molecule has 0 amide bonds. The van der Waals surface area contributed by atoms with Crippen LogP contribution in [-0.4, -0.2) is 12.7 Å². The Morgan fingerprint density at radius 2 is 1.02 bits per heavy atom. The molecule has 3 nitrogen and oxygen atoms in total. The van der Waals surface area contributed by atoms with Crippen molar-refractivity contribution in [3.05, 3.63) is 144 Å². The van der Waals surface area contributed by atoms with E-state index in [-0.39, 0.29) is 0 Å². The number of rotatable bonds is 14. The van der Waals surface area contributed by atoms with E-state index in [1.807, 2.05) is 0 Å². The summed E-state index contributed by atoms with van der Waals surface area (Å²) in [5, 5.41) is 4.93. The third kappa shape index (κ3) is 7.25. The summed E-state index contributed by atoms with van der Waals surface area (Å²) in [6.07, 6.45) is 11.5. The SMILES string of the molecule is CC(C)COc1ccc(C(C)CC(CC(C)c2ccc(Oc3ccc4cc5ccccc5cc4c3)cc2)c2ccc(OC3CC4CC3C3C5CC(C6C7CCC(C7)C56)C43)cc2)cc1. The van der Waals surface area contributed by atoms with E-state index in [0.29, 0.717) is 29.8 Å². The summed E-state index contributed by atoms with van der Waals surface area (Å²) in [6.45, 7) is 9.94. The summed E-state index contributed by atoms with van der Waals surface area (Å²) >= 11 is 0. The van der Waals surface area contributed by atoms with Crippen molar-refractivity contribution in [3.63, 3.8) is 0 Å². The fraction of sp³-hybridized carbons (Fsp3) is 0.467. The average Bonchev–Trinajstić information content (AvgIpc) is 4.17. The van der Waals surface area contributed by atoms with Gasteiger partial charge in [-0.3, -0.25) is 0 Å². The van der Waals surface area contributed by atoms with E-state index in [4.69, 9.17) is 14.2 Å². The maximum absolute atomic E-state index is 7.05. The van der Waals surface area contributed by atoms with Crippen LogP contribution in [0.4, 0.5) is 0 Å². The molecule has 3 heteroatoms. The van der Waals surface area contributed by atoms with Gasteiger partial charge in [-0.15, -0.1) is 0 Å². The van der Waals surface area contributed by atoms with Crippen LogP contribution in [0.2, 0.25) is 0 Å². The lowest BCUT2D eigenvalue weighted by atomic mass is 9.59. The molecule has 324 valence electrons. The maximum Gasteiger partial charge on any atom is 0.128 e. The van der Waals surface area contributed by atoms with Gasteiger partial charge < -0.3 is 14.2 Å². The first-order valence-electron chi connectivity index (χ1n) is 25.0. The Hall–Kier alpha value is -4.76. The summed E-state index contributed by atoms with van der Waals surface area (Å²) in [4.78, 5) is 0. The smallest absolute Gasteiger partial charge is 0.128 e. The van der Waals surface area contributed by atoms with Crippen LogP contribution >= 0.6 is 0 Å². The Morgan fingerprint density at radius 1 is 0.460 bits per heavy atom. The van der Waals surface area contributed by atoms with Gasteiger partial charge in [-0.2, -0.15) is 0 Å². The summed E-state index contributed by atoms with van der Waals surface area (Å²) in [6, 6.07) is 46.6. The zero-order valence-corrected chi connectivity index (χ0v) is 37.9. The Balaban J connectivity index is 0.740. The predicted octanol–water partition coefficient (Wildman–Crippen LogP) is 15.6. The molecule has 6 saturated carbocycles. The number of ether oxygens (including phenoxy) is 3. The van der Waals surface area contributed by atoms with Crippen LogP contribution in [0.3, 0.4) is 0 Å². The summed E-state index contributed by atoms with van der Waals surface area (Å²) in [7, 11) is 0. The molecule has 14 atom stereocenters. The molecular formula is C60H66O3. The largest absolute Gasteiger partial charge is 0.493 e. The molecule has 6 aliphatic carbocycles. The molecule has 0 saturated heterocycles. The highest BCUT2D eigenvalue weighted by Crippen LogP contribution is 2.76. The summed E-state index contributed by atoms with van der Waals surface area (Å²) in [5.74, 6) is 15.6. The van der Waals surface area contributed by atoms with E-state index < -0.39 is 0 Å². The van der Waals surface area contributed by atoms with Crippen LogP contribution in [-0.2, 0) is 0 Å². The Morgan fingerprint density at radius 3 is 1.68 bits per heavy atom. The minimum Gasteiger partial charge on any atom is -0.493 e. The first kappa shape index (κ1) is 39.8. The highest BCUT2D eigenvalue weighted by atomic mass is 16.5. The van der Waals surface area contributed by atoms with E-state index in [1.54, 1.807) is 19.3 Å². The first-order chi connectivity index (χ1) is 30.8. The van der Waals surface area contributed by atoms with Gasteiger partial charge >= 0.3 is 0 Å². The van der Waals surface area contributed by atoms with Gasteiger partial charge in [-0.1, -0.05) is 94.4 Å². The molecule has 63 heavy (non-hydrogen) atoms. The van der Waals surface area contributed by atoms with E-state index in [1.165, 1.54) is 57.5 Å². The van der Waals surface area contributed by atoms with Gasteiger partial charge in [0.05, 0.1) is 6.61 Å². The number of hydrogen-bond donors (Lipinski definition) is 0.